The fourth-order valence-electron chi connectivity index (χ4n) is 1.89. The normalized spacial score (nSPS) is 13.2. The zero-order chi connectivity index (χ0) is 15.2. The number of rotatable bonds is 7. The van der Waals surface area contributed by atoms with Crippen LogP contribution in [0.4, 0.5) is 0 Å². The highest BCUT2D eigenvalue weighted by molar-refractivity contribution is 7.89. The summed E-state index contributed by atoms with van der Waals surface area (Å²) in [7, 11) is -2.20. The molecule has 1 aromatic rings. The second-order valence-electron chi connectivity index (χ2n) is 4.83. The summed E-state index contributed by atoms with van der Waals surface area (Å²) in [6, 6.07) is 8.15. The lowest BCUT2D eigenvalue weighted by Crippen LogP contribution is -2.41. The van der Waals surface area contributed by atoms with E-state index in [2.05, 4.69) is 5.32 Å². The monoisotopic (exact) mass is 298 g/mol. The summed E-state index contributed by atoms with van der Waals surface area (Å²) in [5, 5.41) is 2.79. The summed E-state index contributed by atoms with van der Waals surface area (Å²) < 4.78 is 25.5. The molecule has 0 aromatic heterocycles. The van der Waals surface area contributed by atoms with Crippen LogP contribution in [-0.4, -0.2) is 38.3 Å². The third-order valence-electron chi connectivity index (χ3n) is 2.95. The molecule has 0 fully saturated rings. The number of sulfonamides is 1. The first-order valence-corrected chi connectivity index (χ1v) is 8.12. The lowest BCUT2D eigenvalue weighted by molar-refractivity contribution is -0.121. The van der Waals surface area contributed by atoms with Gasteiger partial charge in [0.15, 0.2) is 0 Å². The first-order valence-electron chi connectivity index (χ1n) is 6.68. The Kier molecular flexibility index (Phi) is 6.16. The highest BCUT2D eigenvalue weighted by Gasteiger charge is 2.22. The van der Waals surface area contributed by atoms with Gasteiger partial charge >= 0.3 is 0 Å². The number of hydrogen-bond acceptors (Lipinski definition) is 3. The lowest BCUT2D eigenvalue weighted by Gasteiger charge is -2.19. The number of nitrogens with zero attached hydrogens (tertiary/aromatic N) is 1. The number of benzene rings is 1. The lowest BCUT2D eigenvalue weighted by atomic mass is 10.2. The van der Waals surface area contributed by atoms with Crippen LogP contribution in [0.1, 0.15) is 26.7 Å². The molecule has 0 aliphatic rings. The Labute approximate surface area is 121 Å². The summed E-state index contributed by atoms with van der Waals surface area (Å²) in [6.07, 6.45) is 1.85. The van der Waals surface area contributed by atoms with Gasteiger partial charge in [0.1, 0.15) is 0 Å². The van der Waals surface area contributed by atoms with Crippen molar-refractivity contribution in [2.75, 3.05) is 13.6 Å². The number of carbonyl (C=O) groups excluding carboxylic acids is 1. The molecule has 0 spiro atoms. The molecule has 0 saturated heterocycles. The van der Waals surface area contributed by atoms with Gasteiger partial charge in [-0.15, -0.1) is 0 Å². The van der Waals surface area contributed by atoms with Crippen molar-refractivity contribution in [2.45, 2.75) is 37.6 Å². The SMILES string of the molecule is CCC[C@@H](C)NC(=O)CN(C)S(=O)(=O)c1ccccc1. The first-order chi connectivity index (χ1) is 9.37. The van der Waals surface area contributed by atoms with Crippen LogP contribution < -0.4 is 5.32 Å². The van der Waals surface area contributed by atoms with Gasteiger partial charge in [0.25, 0.3) is 0 Å². The molecule has 1 rings (SSSR count). The predicted octanol–water partition coefficient (Wildman–Crippen LogP) is 1.61. The van der Waals surface area contributed by atoms with Gasteiger partial charge in [-0.3, -0.25) is 4.79 Å². The molecule has 0 heterocycles. The largest absolute Gasteiger partial charge is 0.353 e. The molecular formula is C14H22N2O3S. The molecular weight excluding hydrogens is 276 g/mol. The minimum atomic E-state index is -3.61. The maximum Gasteiger partial charge on any atom is 0.243 e. The van der Waals surface area contributed by atoms with E-state index in [0.717, 1.165) is 17.1 Å². The van der Waals surface area contributed by atoms with Crippen LogP contribution in [0.5, 0.6) is 0 Å². The van der Waals surface area contributed by atoms with E-state index in [9.17, 15) is 13.2 Å². The van der Waals surface area contributed by atoms with Crippen LogP contribution in [0.3, 0.4) is 0 Å². The third-order valence-corrected chi connectivity index (χ3v) is 4.76. The quantitative estimate of drug-likeness (QED) is 0.831. The zero-order valence-corrected chi connectivity index (χ0v) is 13.0. The Balaban J connectivity index is 2.67. The third kappa shape index (κ3) is 4.61. The molecule has 20 heavy (non-hydrogen) atoms. The molecule has 112 valence electrons. The Hall–Kier alpha value is -1.40. The number of hydrogen-bond donors (Lipinski definition) is 1. The van der Waals surface area contributed by atoms with Gasteiger partial charge in [-0.2, -0.15) is 4.31 Å². The smallest absolute Gasteiger partial charge is 0.243 e. The van der Waals surface area contributed by atoms with E-state index >= 15 is 0 Å². The van der Waals surface area contributed by atoms with Crippen LogP contribution in [0.15, 0.2) is 35.2 Å². The summed E-state index contributed by atoms with van der Waals surface area (Å²) in [4.78, 5) is 12.0. The van der Waals surface area contributed by atoms with Crippen molar-refractivity contribution in [1.29, 1.82) is 0 Å². The molecule has 1 N–H and O–H groups in total. The minimum absolute atomic E-state index is 0.0559. The number of likely N-dealkylation sites (N-methyl/N-ethyl adjacent to an activating group) is 1. The molecule has 1 aromatic carbocycles. The van der Waals surface area contributed by atoms with Gasteiger partial charge in [-0.1, -0.05) is 31.5 Å². The second kappa shape index (κ2) is 7.40. The maximum atomic E-state index is 12.2. The molecule has 0 unspecified atom stereocenters. The molecule has 0 bridgehead atoms. The number of amides is 1. The van der Waals surface area contributed by atoms with E-state index in [1.807, 2.05) is 13.8 Å². The summed E-state index contributed by atoms with van der Waals surface area (Å²) in [5.74, 6) is -0.284. The van der Waals surface area contributed by atoms with E-state index in [0.29, 0.717) is 0 Å². The van der Waals surface area contributed by atoms with Gasteiger partial charge in [0.2, 0.25) is 15.9 Å². The van der Waals surface area contributed by atoms with Crippen LogP contribution in [0.25, 0.3) is 0 Å². The van der Waals surface area contributed by atoms with Crippen LogP contribution in [-0.2, 0) is 14.8 Å². The van der Waals surface area contributed by atoms with Gasteiger partial charge in [0, 0.05) is 13.1 Å². The van der Waals surface area contributed by atoms with Crippen molar-refractivity contribution in [2.24, 2.45) is 0 Å². The minimum Gasteiger partial charge on any atom is -0.353 e. The standard InChI is InChI=1S/C14H22N2O3S/c1-4-8-12(2)15-14(17)11-16(3)20(18,19)13-9-6-5-7-10-13/h5-7,9-10,12H,4,8,11H2,1-3H3,(H,15,17)/t12-/m1/s1. The Bertz CT molecular complexity index is 529. The van der Waals surface area contributed by atoms with Gasteiger partial charge < -0.3 is 5.32 Å². The topological polar surface area (TPSA) is 66.5 Å². The highest BCUT2D eigenvalue weighted by Crippen LogP contribution is 2.12. The van der Waals surface area contributed by atoms with Gasteiger partial charge in [-0.05, 0) is 25.5 Å². The summed E-state index contributed by atoms with van der Waals surface area (Å²) in [6.45, 7) is 3.77. The molecule has 6 heteroatoms. The number of nitrogens with one attached hydrogen (secondary N) is 1. The fraction of sp³-hybridized carbons (Fsp3) is 0.500. The fourth-order valence-corrected chi connectivity index (χ4v) is 3.03. The van der Waals surface area contributed by atoms with Gasteiger partial charge in [0.05, 0.1) is 11.4 Å². The Morgan fingerprint density at radius 2 is 1.90 bits per heavy atom. The Morgan fingerprint density at radius 1 is 1.30 bits per heavy atom. The average Bonchev–Trinajstić information content (AvgIpc) is 2.39. The zero-order valence-electron chi connectivity index (χ0n) is 12.2. The second-order valence-corrected chi connectivity index (χ2v) is 6.88. The Morgan fingerprint density at radius 3 is 2.45 bits per heavy atom. The first kappa shape index (κ1) is 16.7. The number of carbonyl (C=O) groups is 1. The van der Waals surface area contributed by atoms with Crippen molar-refractivity contribution in [1.82, 2.24) is 9.62 Å². The van der Waals surface area contributed by atoms with Crippen LogP contribution >= 0.6 is 0 Å². The molecule has 5 nitrogen and oxygen atoms in total. The van der Waals surface area contributed by atoms with Crippen LogP contribution in [0, 0.1) is 0 Å². The molecule has 0 aliphatic carbocycles. The molecule has 0 radical (unpaired) electrons. The van der Waals surface area contributed by atoms with Crippen LogP contribution in [0.2, 0.25) is 0 Å². The van der Waals surface area contributed by atoms with Gasteiger partial charge in [-0.25, -0.2) is 8.42 Å². The molecule has 0 saturated carbocycles. The molecule has 1 amide bonds. The average molecular weight is 298 g/mol. The van der Waals surface area contributed by atoms with E-state index in [-0.39, 0.29) is 23.4 Å². The van der Waals surface area contributed by atoms with Crippen molar-refractivity contribution in [3.05, 3.63) is 30.3 Å². The highest BCUT2D eigenvalue weighted by atomic mass is 32.2. The van der Waals surface area contributed by atoms with E-state index in [4.69, 9.17) is 0 Å². The predicted molar refractivity (Wildman–Crippen MR) is 78.8 cm³/mol. The molecule has 0 aliphatic heterocycles. The van der Waals surface area contributed by atoms with Crippen molar-refractivity contribution in [3.63, 3.8) is 0 Å². The van der Waals surface area contributed by atoms with Crippen molar-refractivity contribution in [3.8, 4) is 0 Å². The van der Waals surface area contributed by atoms with E-state index < -0.39 is 10.0 Å². The van der Waals surface area contributed by atoms with E-state index in [1.54, 1.807) is 18.2 Å². The van der Waals surface area contributed by atoms with Crippen molar-refractivity contribution < 1.29 is 13.2 Å². The van der Waals surface area contributed by atoms with E-state index in [1.165, 1.54) is 19.2 Å². The maximum absolute atomic E-state index is 12.2. The molecule has 1 atom stereocenters. The summed E-state index contributed by atoms with van der Waals surface area (Å²) >= 11 is 0. The van der Waals surface area contributed by atoms with Crippen molar-refractivity contribution >= 4 is 15.9 Å². The summed E-state index contributed by atoms with van der Waals surface area (Å²) in [5.41, 5.74) is 0.